The van der Waals surface area contributed by atoms with Gasteiger partial charge >= 0.3 is 0 Å². The Bertz CT molecular complexity index is 305. The zero-order chi connectivity index (χ0) is 14.5. The van der Waals surface area contributed by atoms with E-state index in [1.165, 1.54) is 19.3 Å². The lowest BCUT2D eigenvalue weighted by molar-refractivity contribution is -0.139. The molecule has 0 spiro atoms. The summed E-state index contributed by atoms with van der Waals surface area (Å²) in [6.07, 6.45) is 6.03. The van der Waals surface area contributed by atoms with Crippen molar-refractivity contribution in [3.63, 3.8) is 0 Å². The number of likely N-dealkylation sites (N-methyl/N-ethyl adjacent to an activating group) is 1. The van der Waals surface area contributed by atoms with Crippen LogP contribution in [-0.4, -0.2) is 60.0 Å². The van der Waals surface area contributed by atoms with E-state index in [4.69, 9.17) is 0 Å². The summed E-state index contributed by atoms with van der Waals surface area (Å²) in [4.78, 5) is 17.2. The molecule has 3 unspecified atom stereocenters. The summed E-state index contributed by atoms with van der Waals surface area (Å²) >= 11 is 0. The van der Waals surface area contributed by atoms with Crippen LogP contribution in [0.5, 0.6) is 0 Å². The molecule has 0 aliphatic carbocycles. The third kappa shape index (κ3) is 3.73. The molecule has 2 saturated heterocycles. The number of piperidine rings is 2. The van der Waals surface area contributed by atoms with Crippen molar-refractivity contribution in [1.29, 1.82) is 0 Å². The molecule has 4 heteroatoms. The molecule has 2 rings (SSSR count). The third-order valence-electron chi connectivity index (χ3n) is 5.01. The molecule has 1 amide bonds. The maximum atomic E-state index is 12.7. The van der Waals surface area contributed by atoms with E-state index in [1.54, 1.807) is 0 Å². The van der Waals surface area contributed by atoms with Gasteiger partial charge in [0.15, 0.2) is 0 Å². The van der Waals surface area contributed by atoms with E-state index in [2.05, 4.69) is 35.9 Å². The SMILES string of the molecule is CCN(CC(=O)N1C(C)CCCC1C)C1CCCNC1. The predicted octanol–water partition coefficient (Wildman–Crippen LogP) is 1.85. The molecule has 0 aromatic heterocycles. The van der Waals surface area contributed by atoms with E-state index in [1.807, 2.05) is 0 Å². The van der Waals surface area contributed by atoms with Crippen LogP contribution in [-0.2, 0) is 4.79 Å². The van der Waals surface area contributed by atoms with Crippen LogP contribution >= 0.6 is 0 Å². The summed E-state index contributed by atoms with van der Waals surface area (Å²) in [5.74, 6) is 0.331. The van der Waals surface area contributed by atoms with Crippen LogP contribution in [0.1, 0.15) is 52.9 Å². The van der Waals surface area contributed by atoms with Crippen molar-refractivity contribution in [2.45, 2.75) is 71.0 Å². The highest BCUT2D eigenvalue weighted by molar-refractivity contribution is 5.79. The number of nitrogens with zero attached hydrogens (tertiary/aromatic N) is 2. The van der Waals surface area contributed by atoms with Crippen LogP contribution in [0, 0.1) is 0 Å². The molecular weight excluding hydrogens is 250 g/mol. The van der Waals surface area contributed by atoms with Crippen molar-refractivity contribution in [1.82, 2.24) is 15.1 Å². The van der Waals surface area contributed by atoms with Crippen molar-refractivity contribution < 1.29 is 4.79 Å². The first kappa shape index (κ1) is 15.8. The third-order valence-corrected chi connectivity index (χ3v) is 5.01. The highest BCUT2D eigenvalue weighted by Crippen LogP contribution is 2.23. The Morgan fingerprint density at radius 1 is 1.20 bits per heavy atom. The molecule has 0 bridgehead atoms. The van der Waals surface area contributed by atoms with Crippen LogP contribution in [0.25, 0.3) is 0 Å². The number of hydrogen-bond donors (Lipinski definition) is 1. The van der Waals surface area contributed by atoms with Gasteiger partial charge in [0, 0.05) is 24.7 Å². The molecule has 116 valence electrons. The normalized spacial score (nSPS) is 31.6. The first-order chi connectivity index (χ1) is 9.63. The fraction of sp³-hybridized carbons (Fsp3) is 0.938. The van der Waals surface area contributed by atoms with Crippen molar-refractivity contribution >= 4 is 5.91 Å². The Hall–Kier alpha value is -0.610. The molecule has 4 nitrogen and oxygen atoms in total. The monoisotopic (exact) mass is 281 g/mol. The maximum Gasteiger partial charge on any atom is 0.237 e. The summed E-state index contributed by atoms with van der Waals surface area (Å²) in [7, 11) is 0. The standard InChI is InChI=1S/C16H31N3O/c1-4-18(15-9-6-10-17-11-15)12-16(20)19-13(2)7-5-8-14(19)3/h13-15,17H,4-12H2,1-3H3. The second-order valence-corrected chi connectivity index (χ2v) is 6.49. The van der Waals surface area contributed by atoms with Crippen molar-refractivity contribution in [2.75, 3.05) is 26.2 Å². The largest absolute Gasteiger partial charge is 0.336 e. The lowest BCUT2D eigenvalue weighted by Crippen LogP contribution is -2.54. The molecule has 20 heavy (non-hydrogen) atoms. The molecule has 2 heterocycles. The number of nitrogens with one attached hydrogen (secondary N) is 1. The molecule has 2 aliphatic heterocycles. The first-order valence-corrected chi connectivity index (χ1v) is 8.39. The maximum absolute atomic E-state index is 12.7. The minimum atomic E-state index is 0.331. The molecular formula is C16H31N3O. The van der Waals surface area contributed by atoms with E-state index in [-0.39, 0.29) is 0 Å². The van der Waals surface area contributed by atoms with Crippen molar-refractivity contribution in [2.24, 2.45) is 0 Å². The number of carbonyl (C=O) groups is 1. The Labute approximate surface area is 123 Å². The van der Waals surface area contributed by atoms with Gasteiger partial charge in [0.2, 0.25) is 5.91 Å². The predicted molar refractivity (Wildman–Crippen MR) is 82.8 cm³/mol. The number of amides is 1. The fourth-order valence-electron chi connectivity index (χ4n) is 3.81. The summed E-state index contributed by atoms with van der Waals surface area (Å²) in [5, 5.41) is 3.45. The van der Waals surface area contributed by atoms with E-state index in [0.29, 0.717) is 30.6 Å². The summed E-state index contributed by atoms with van der Waals surface area (Å²) in [5.41, 5.74) is 0. The number of likely N-dealkylation sites (tertiary alicyclic amines) is 1. The fourth-order valence-corrected chi connectivity index (χ4v) is 3.81. The quantitative estimate of drug-likeness (QED) is 0.854. The molecule has 2 aliphatic rings. The van der Waals surface area contributed by atoms with Crippen LogP contribution in [0.4, 0.5) is 0 Å². The van der Waals surface area contributed by atoms with E-state index in [0.717, 1.165) is 32.5 Å². The molecule has 0 saturated carbocycles. The second-order valence-electron chi connectivity index (χ2n) is 6.49. The first-order valence-electron chi connectivity index (χ1n) is 8.39. The topological polar surface area (TPSA) is 35.6 Å². The van der Waals surface area contributed by atoms with Crippen LogP contribution < -0.4 is 5.32 Å². The Morgan fingerprint density at radius 2 is 1.90 bits per heavy atom. The minimum Gasteiger partial charge on any atom is -0.336 e. The summed E-state index contributed by atoms with van der Waals surface area (Å²) in [6.45, 7) is 10.3. The smallest absolute Gasteiger partial charge is 0.237 e. The Balaban J connectivity index is 1.93. The molecule has 2 fully saturated rings. The van der Waals surface area contributed by atoms with Crippen molar-refractivity contribution in [3.05, 3.63) is 0 Å². The zero-order valence-electron chi connectivity index (χ0n) is 13.4. The van der Waals surface area contributed by atoms with Crippen LogP contribution in [0.15, 0.2) is 0 Å². The Morgan fingerprint density at radius 3 is 2.45 bits per heavy atom. The lowest BCUT2D eigenvalue weighted by atomic mass is 9.97. The van der Waals surface area contributed by atoms with E-state index in [9.17, 15) is 4.79 Å². The average molecular weight is 281 g/mol. The van der Waals surface area contributed by atoms with Gasteiger partial charge in [-0.25, -0.2) is 0 Å². The van der Waals surface area contributed by atoms with Gasteiger partial charge in [-0.1, -0.05) is 6.92 Å². The van der Waals surface area contributed by atoms with Gasteiger partial charge in [0.1, 0.15) is 0 Å². The number of hydrogen-bond acceptors (Lipinski definition) is 3. The Kier molecular flexibility index (Phi) is 5.85. The van der Waals surface area contributed by atoms with Gasteiger partial charge < -0.3 is 10.2 Å². The minimum absolute atomic E-state index is 0.331. The van der Waals surface area contributed by atoms with Gasteiger partial charge in [0.25, 0.3) is 0 Å². The van der Waals surface area contributed by atoms with Gasteiger partial charge in [-0.2, -0.15) is 0 Å². The van der Waals surface area contributed by atoms with Gasteiger partial charge in [0.05, 0.1) is 6.54 Å². The van der Waals surface area contributed by atoms with Gasteiger partial charge in [-0.15, -0.1) is 0 Å². The molecule has 0 aromatic rings. The number of carbonyl (C=O) groups excluding carboxylic acids is 1. The summed E-state index contributed by atoms with van der Waals surface area (Å²) in [6, 6.07) is 1.36. The second kappa shape index (κ2) is 7.41. The summed E-state index contributed by atoms with van der Waals surface area (Å²) < 4.78 is 0. The molecule has 3 atom stereocenters. The van der Waals surface area contributed by atoms with E-state index < -0.39 is 0 Å². The van der Waals surface area contributed by atoms with Crippen LogP contribution in [0.2, 0.25) is 0 Å². The highest BCUT2D eigenvalue weighted by atomic mass is 16.2. The van der Waals surface area contributed by atoms with Crippen molar-refractivity contribution in [3.8, 4) is 0 Å². The molecule has 0 aromatic carbocycles. The molecule has 0 radical (unpaired) electrons. The molecule has 1 N–H and O–H groups in total. The van der Waals surface area contributed by atoms with Crippen LogP contribution in [0.3, 0.4) is 0 Å². The zero-order valence-corrected chi connectivity index (χ0v) is 13.4. The van der Waals surface area contributed by atoms with Gasteiger partial charge in [-0.05, 0) is 59.0 Å². The lowest BCUT2D eigenvalue weighted by Gasteiger charge is -2.41. The van der Waals surface area contributed by atoms with Gasteiger partial charge in [-0.3, -0.25) is 9.69 Å². The number of rotatable bonds is 4. The van der Waals surface area contributed by atoms with E-state index >= 15 is 0 Å². The average Bonchev–Trinajstić information content (AvgIpc) is 2.45. The highest BCUT2D eigenvalue weighted by Gasteiger charge is 2.31.